The zero-order chi connectivity index (χ0) is 15.4. The molecule has 1 rings (SSSR count). The fraction of sp³-hybridized carbons (Fsp3) is 0.455. The summed E-state index contributed by atoms with van der Waals surface area (Å²) in [7, 11) is 1.12. The first-order chi connectivity index (χ1) is 9.29. The molecule has 0 saturated carbocycles. The van der Waals surface area contributed by atoms with E-state index in [0.29, 0.717) is 0 Å². The van der Waals surface area contributed by atoms with Crippen LogP contribution < -0.4 is 5.56 Å². The Morgan fingerprint density at radius 2 is 2.15 bits per heavy atom. The molecule has 0 saturated heterocycles. The summed E-state index contributed by atoms with van der Waals surface area (Å²) in [6, 6.07) is 0. The van der Waals surface area contributed by atoms with Crippen LogP contribution in [0.4, 0.5) is 5.69 Å². The monoisotopic (exact) mass is 286 g/mol. The van der Waals surface area contributed by atoms with Crippen LogP contribution in [0.3, 0.4) is 0 Å². The number of H-pyrrole nitrogens is 1. The smallest absolute Gasteiger partial charge is 0.337 e. The van der Waals surface area contributed by atoms with E-state index in [0.717, 1.165) is 13.3 Å². The van der Waals surface area contributed by atoms with Crippen LogP contribution in [0.5, 0.6) is 0 Å². The third-order valence-corrected chi connectivity index (χ3v) is 2.83. The highest BCUT2D eigenvalue weighted by atomic mass is 16.6. The number of aromatic nitrogens is 1. The summed E-state index contributed by atoms with van der Waals surface area (Å²) < 4.78 is 4.34. The van der Waals surface area contributed by atoms with E-state index in [9.17, 15) is 29.9 Å². The molecule has 110 valence electrons. The molecule has 1 heterocycles. The molecule has 0 radical (unpaired) electrons. The Labute approximate surface area is 113 Å². The highest BCUT2D eigenvalue weighted by Crippen LogP contribution is 2.25. The molecule has 3 N–H and O–H groups in total. The number of esters is 1. The molecule has 2 atom stereocenters. The van der Waals surface area contributed by atoms with Crippen LogP contribution in [-0.4, -0.2) is 39.3 Å². The fourth-order valence-electron chi connectivity index (χ4n) is 1.73. The van der Waals surface area contributed by atoms with Crippen LogP contribution in [0.1, 0.15) is 23.7 Å². The zero-order valence-electron chi connectivity index (χ0n) is 10.8. The highest BCUT2D eigenvalue weighted by Gasteiger charge is 2.28. The number of methoxy groups -OCH3 is 1. The second kappa shape index (κ2) is 6.26. The van der Waals surface area contributed by atoms with E-state index >= 15 is 0 Å². The largest absolute Gasteiger partial charge is 0.469 e. The van der Waals surface area contributed by atoms with Gasteiger partial charge in [0, 0.05) is 17.3 Å². The van der Waals surface area contributed by atoms with Gasteiger partial charge in [-0.1, -0.05) is 0 Å². The summed E-state index contributed by atoms with van der Waals surface area (Å²) in [5.74, 6) is -0.742. The molecule has 2 unspecified atom stereocenters. The normalized spacial score (nSPS) is 13.6. The standard InChI is InChI=1S/C11H14N2O7/c1-5-6(4-12-11(17)9(5)13(18)19)10(16)7(14)3-8(15)20-2/h4,7,10,14,16H,3H2,1-2H3,(H,12,17). The maximum absolute atomic E-state index is 11.3. The lowest BCUT2D eigenvalue weighted by molar-refractivity contribution is -0.387. The van der Waals surface area contributed by atoms with Crippen LogP contribution in [0, 0.1) is 17.0 Å². The predicted molar refractivity (Wildman–Crippen MR) is 66.1 cm³/mol. The summed E-state index contributed by atoms with van der Waals surface area (Å²) >= 11 is 0. The molecule has 9 nitrogen and oxygen atoms in total. The topological polar surface area (TPSA) is 143 Å². The van der Waals surface area contributed by atoms with Crippen LogP contribution in [0.15, 0.2) is 11.0 Å². The van der Waals surface area contributed by atoms with Crippen molar-refractivity contribution in [3.05, 3.63) is 37.8 Å². The van der Waals surface area contributed by atoms with E-state index in [2.05, 4.69) is 9.72 Å². The van der Waals surface area contributed by atoms with Crippen molar-refractivity contribution in [2.45, 2.75) is 25.6 Å². The second-order valence-electron chi connectivity index (χ2n) is 4.10. The van der Waals surface area contributed by atoms with Gasteiger partial charge in [-0.15, -0.1) is 0 Å². The lowest BCUT2D eigenvalue weighted by Gasteiger charge is -2.18. The van der Waals surface area contributed by atoms with Gasteiger partial charge in [-0.3, -0.25) is 19.7 Å². The number of aliphatic hydroxyl groups is 2. The molecular weight excluding hydrogens is 272 g/mol. The molecule has 0 aromatic carbocycles. The van der Waals surface area contributed by atoms with E-state index in [1.165, 1.54) is 6.92 Å². The van der Waals surface area contributed by atoms with Gasteiger partial charge in [0.15, 0.2) is 0 Å². The van der Waals surface area contributed by atoms with Crippen molar-refractivity contribution in [2.75, 3.05) is 7.11 Å². The van der Waals surface area contributed by atoms with Crippen LogP contribution in [0.25, 0.3) is 0 Å². The summed E-state index contributed by atoms with van der Waals surface area (Å²) in [6.45, 7) is 1.27. The van der Waals surface area contributed by atoms with E-state index in [-0.39, 0.29) is 11.1 Å². The van der Waals surface area contributed by atoms with Crippen LogP contribution in [0.2, 0.25) is 0 Å². The third-order valence-electron chi connectivity index (χ3n) is 2.83. The summed E-state index contributed by atoms with van der Waals surface area (Å²) in [5.41, 5.74) is -1.74. The summed E-state index contributed by atoms with van der Waals surface area (Å²) in [5, 5.41) is 30.4. The summed E-state index contributed by atoms with van der Waals surface area (Å²) in [6.07, 6.45) is -2.49. The molecule has 1 aromatic heterocycles. The summed E-state index contributed by atoms with van der Waals surface area (Å²) in [4.78, 5) is 34.4. The molecule has 0 bridgehead atoms. The Morgan fingerprint density at radius 1 is 1.55 bits per heavy atom. The molecule has 0 aliphatic carbocycles. The van der Waals surface area contributed by atoms with E-state index in [1.54, 1.807) is 0 Å². The first-order valence-corrected chi connectivity index (χ1v) is 5.59. The third kappa shape index (κ3) is 3.19. The highest BCUT2D eigenvalue weighted by molar-refractivity contribution is 5.69. The fourth-order valence-corrected chi connectivity index (χ4v) is 1.73. The predicted octanol–water partition coefficient (Wildman–Crippen LogP) is -0.451. The lowest BCUT2D eigenvalue weighted by Crippen LogP contribution is -2.25. The van der Waals surface area contributed by atoms with Gasteiger partial charge in [-0.25, -0.2) is 0 Å². The quantitative estimate of drug-likeness (QED) is 0.378. The van der Waals surface area contributed by atoms with Crippen molar-refractivity contribution in [1.82, 2.24) is 4.98 Å². The number of hydrogen-bond acceptors (Lipinski definition) is 7. The van der Waals surface area contributed by atoms with E-state index in [1.807, 2.05) is 0 Å². The minimum atomic E-state index is -1.57. The molecule has 9 heteroatoms. The van der Waals surface area contributed by atoms with Gasteiger partial charge in [0.25, 0.3) is 0 Å². The SMILES string of the molecule is COC(=O)CC(O)C(O)c1c[nH]c(=O)c([N+](=O)[O-])c1C. The maximum atomic E-state index is 11.3. The molecule has 0 fully saturated rings. The maximum Gasteiger partial charge on any atom is 0.337 e. The van der Waals surface area contributed by atoms with Crippen molar-refractivity contribution in [2.24, 2.45) is 0 Å². The number of aromatic amines is 1. The van der Waals surface area contributed by atoms with Crippen molar-refractivity contribution in [3.8, 4) is 0 Å². The molecule has 20 heavy (non-hydrogen) atoms. The minimum absolute atomic E-state index is 0.0345. The van der Waals surface area contributed by atoms with Gasteiger partial charge in [0.1, 0.15) is 6.10 Å². The van der Waals surface area contributed by atoms with Gasteiger partial charge in [0.2, 0.25) is 0 Å². The van der Waals surface area contributed by atoms with Crippen molar-refractivity contribution < 1.29 is 24.7 Å². The van der Waals surface area contributed by atoms with E-state index in [4.69, 9.17) is 0 Å². The number of rotatable bonds is 5. The van der Waals surface area contributed by atoms with Gasteiger partial charge >= 0.3 is 17.2 Å². The first kappa shape index (κ1) is 15.8. The van der Waals surface area contributed by atoms with Crippen molar-refractivity contribution in [1.29, 1.82) is 0 Å². The molecule has 0 aliphatic rings. The van der Waals surface area contributed by atoms with Gasteiger partial charge in [-0.05, 0) is 6.92 Å². The molecule has 0 spiro atoms. The number of hydrogen-bond donors (Lipinski definition) is 3. The number of ether oxygens (including phenoxy) is 1. The number of nitro groups is 1. The number of carbonyl (C=O) groups is 1. The van der Waals surface area contributed by atoms with Gasteiger partial charge in [0.05, 0.1) is 24.6 Å². The molecule has 1 aromatic rings. The van der Waals surface area contributed by atoms with Crippen molar-refractivity contribution >= 4 is 11.7 Å². The van der Waals surface area contributed by atoms with Crippen molar-refractivity contribution in [3.63, 3.8) is 0 Å². The number of pyridine rings is 1. The number of carbonyl (C=O) groups excluding carboxylic acids is 1. The molecule has 0 aliphatic heterocycles. The van der Waals surface area contributed by atoms with Gasteiger partial charge < -0.3 is 19.9 Å². The zero-order valence-corrected chi connectivity index (χ0v) is 10.8. The van der Waals surface area contributed by atoms with Gasteiger partial charge in [-0.2, -0.15) is 0 Å². The molecule has 0 amide bonds. The number of nitrogens with zero attached hydrogens (tertiary/aromatic N) is 1. The average Bonchev–Trinajstić information content (AvgIpc) is 2.37. The Balaban J connectivity index is 3.14. The number of aliphatic hydroxyl groups excluding tert-OH is 2. The van der Waals surface area contributed by atoms with Crippen LogP contribution in [-0.2, 0) is 9.53 Å². The van der Waals surface area contributed by atoms with Crippen LogP contribution >= 0.6 is 0 Å². The second-order valence-corrected chi connectivity index (χ2v) is 4.10. The van der Waals surface area contributed by atoms with E-state index < -0.39 is 40.8 Å². The number of nitrogens with one attached hydrogen (secondary N) is 1. The Bertz CT molecular complexity index is 581. The first-order valence-electron chi connectivity index (χ1n) is 5.59. The minimum Gasteiger partial charge on any atom is -0.469 e. The Morgan fingerprint density at radius 3 is 2.65 bits per heavy atom. The average molecular weight is 286 g/mol. The Kier molecular flexibility index (Phi) is 4.94. The Hall–Kier alpha value is -2.26. The molecular formula is C11H14N2O7. The lowest BCUT2D eigenvalue weighted by atomic mass is 9.99.